The van der Waals surface area contributed by atoms with E-state index in [0.29, 0.717) is 43.4 Å². The van der Waals surface area contributed by atoms with Crippen molar-refractivity contribution in [1.29, 1.82) is 0 Å². The average Bonchev–Trinajstić information content (AvgIpc) is 2.84. The molecular weight excluding hydrogens is 540 g/mol. The highest BCUT2D eigenvalue weighted by Gasteiger charge is 2.36. The Kier molecular flexibility index (Phi) is 7.57. The van der Waals surface area contributed by atoms with Gasteiger partial charge in [0.25, 0.3) is 10.0 Å². The lowest BCUT2D eigenvalue weighted by molar-refractivity contribution is -0.140. The zero-order valence-corrected chi connectivity index (χ0v) is 21.9. The zero-order valence-electron chi connectivity index (χ0n) is 21.1. The molecule has 0 spiro atoms. The van der Waals surface area contributed by atoms with Crippen LogP contribution in [0, 0.1) is 18.2 Å². The smallest absolute Gasteiger partial charge is 0.418 e. The first-order valence-corrected chi connectivity index (χ1v) is 13.5. The molecule has 13 heteroatoms. The van der Waals surface area contributed by atoms with Crippen molar-refractivity contribution in [2.24, 2.45) is 5.41 Å². The van der Waals surface area contributed by atoms with Gasteiger partial charge in [0.2, 0.25) is 0 Å². The second kappa shape index (κ2) is 10.4. The van der Waals surface area contributed by atoms with Crippen LogP contribution in [0.5, 0.6) is 0 Å². The lowest BCUT2D eigenvalue weighted by atomic mass is 9.79. The first-order chi connectivity index (χ1) is 18.2. The zero-order chi connectivity index (χ0) is 28.6. The largest absolute Gasteiger partial charge is 0.481 e. The van der Waals surface area contributed by atoms with Gasteiger partial charge in [0, 0.05) is 18.7 Å². The van der Waals surface area contributed by atoms with Crippen molar-refractivity contribution in [2.45, 2.75) is 44.3 Å². The molecule has 0 unspecified atom stereocenters. The van der Waals surface area contributed by atoms with E-state index < -0.39 is 55.5 Å². The summed E-state index contributed by atoms with van der Waals surface area (Å²) in [5.74, 6) is -1.77. The quantitative estimate of drug-likeness (QED) is 0.364. The molecule has 208 valence electrons. The van der Waals surface area contributed by atoms with Crippen molar-refractivity contribution >= 4 is 27.6 Å². The Morgan fingerprint density at radius 1 is 1.15 bits per heavy atom. The van der Waals surface area contributed by atoms with Crippen LogP contribution in [0.3, 0.4) is 0 Å². The van der Waals surface area contributed by atoms with Gasteiger partial charge < -0.3 is 10.0 Å². The molecule has 0 radical (unpaired) electrons. The summed E-state index contributed by atoms with van der Waals surface area (Å²) < 4.78 is 83.6. The number of anilines is 2. The maximum absolute atomic E-state index is 13.9. The highest BCUT2D eigenvalue weighted by atomic mass is 32.2. The highest BCUT2D eigenvalue weighted by Crippen LogP contribution is 2.38. The van der Waals surface area contributed by atoms with Crippen molar-refractivity contribution in [3.63, 3.8) is 0 Å². The number of nitrogens with zero attached hydrogens (tertiary/aromatic N) is 3. The van der Waals surface area contributed by atoms with E-state index in [-0.39, 0.29) is 12.0 Å². The van der Waals surface area contributed by atoms with E-state index in [9.17, 15) is 35.9 Å². The molecule has 1 saturated heterocycles. The van der Waals surface area contributed by atoms with Gasteiger partial charge >= 0.3 is 12.1 Å². The summed E-state index contributed by atoms with van der Waals surface area (Å²) in [5, 5.41) is 8.86. The van der Waals surface area contributed by atoms with Crippen LogP contribution in [0.1, 0.15) is 37.3 Å². The van der Waals surface area contributed by atoms with E-state index in [2.05, 4.69) is 14.7 Å². The van der Waals surface area contributed by atoms with Crippen LogP contribution in [0.25, 0.3) is 11.3 Å². The first-order valence-electron chi connectivity index (χ1n) is 12.0. The van der Waals surface area contributed by atoms with Crippen molar-refractivity contribution < 1.29 is 35.9 Å². The molecular formula is C26H26F4N4O4S. The number of aryl methyl sites for hydroxylation is 1. The number of rotatable bonds is 7. The molecule has 1 atom stereocenters. The molecule has 4 rings (SSSR count). The van der Waals surface area contributed by atoms with Gasteiger partial charge in [-0.15, -0.1) is 0 Å². The van der Waals surface area contributed by atoms with Crippen molar-refractivity contribution in [1.82, 2.24) is 9.97 Å². The fourth-order valence-electron chi connectivity index (χ4n) is 4.74. The lowest BCUT2D eigenvalue weighted by Crippen LogP contribution is -2.43. The second-order valence-corrected chi connectivity index (χ2v) is 11.5. The highest BCUT2D eigenvalue weighted by molar-refractivity contribution is 7.92. The molecule has 2 aromatic heterocycles. The predicted molar refractivity (Wildman–Crippen MR) is 136 cm³/mol. The molecule has 0 aliphatic carbocycles. The van der Waals surface area contributed by atoms with E-state index in [0.717, 1.165) is 18.2 Å². The number of alkyl halides is 3. The monoisotopic (exact) mass is 566 g/mol. The molecule has 0 amide bonds. The molecule has 1 fully saturated rings. The van der Waals surface area contributed by atoms with Gasteiger partial charge in [-0.1, -0.05) is 19.1 Å². The number of nitrogens with one attached hydrogen (secondary N) is 1. The van der Waals surface area contributed by atoms with Crippen LogP contribution in [0.2, 0.25) is 0 Å². The fraction of sp³-hybridized carbons (Fsp3) is 0.346. The van der Waals surface area contributed by atoms with Crippen LogP contribution in [-0.4, -0.2) is 42.6 Å². The SMILES string of the molecule is Cc1ccc(F)cc1-c1nc(NS(=O)(=O)c2cccc(N3CCC[C@@](C)(CC(=O)O)C3)n2)ccc1C(F)(F)F. The minimum atomic E-state index is -4.82. The molecule has 3 heterocycles. The van der Waals surface area contributed by atoms with E-state index >= 15 is 0 Å². The number of sulfonamides is 1. The molecule has 3 aromatic rings. The number of halogens is 4. The van der Waals surface area contributed by atoms with Crippen molar-refractivity contribution in [3.05, 3.63) is 65.5 Å². The van der Waals surface area contributed by atoms with Crippen LogP contribution in [-0.2, 0) is 21.0 Å². The molecule has 1 aliphatic heterocycles. The summed E-state index contributed by atoms with van der Waals surface area (Å²) >= 11 is 0. The van der Waals surface area contributed by atoms with E-state index in [1.54, 1.807) is 6.07 Å². The first kappa shape index (κ1) is 28.3. The van der Waals surface area contributed by atoms with Crippen molar-refractivity contribution in [2.75, 3.05) is 22.7 Å². The summed E-state index contributed by atoms with van der Waals surface area (Å²) in [6, 6.07) is 9.19. The Morgan fingerprint density at radius 3 is 2.59 bits per heavy atom. The normalized spacial score (nSPS) is 18.2. The third-order valence-corrected chi connectivity index (χ3v) is 7.82. The lowest BCUT2D eigenvalue weighted by Gasteiger charge is -2.40. The predicted octanol–water partition coefficient (Wildman–Crippen LogP) is 5.49. The van der Waals surface area contributed by atoms with Gasteiger partial charge in [0.05, 0.1) is 17.7 Å². The number of benzene rings is 1. The summed E-state index contributed by atoms with van der Waals surface area (Å²) in [7, 11) is -4.39. The fourth-order valence-corrected chi connectivity index (χ4v) is 5.70. The molecule has 39 heavy (non-hydrogen) atoms. The Hall–Kier alpha value is -3.74. The van der Waals surface area contributed by atoms with Gasteiger partial charge in [0.1, 0.15) is 17.5 Å². The third-order valence-electron chi connectivity index (χ3n) is 6.56. The number of carboxylic acid groups (broad SMARTS) is 1. The molecule has 2 N–H and O–H groups in total. The van der Waals surface area contributed by atoms with E-state index in [1.165, 1.54) is 25.1 Å². The summed E-state index contributed by atoms with van der Waals surface area (Å²) in [4.78, 5) is 21.3. The summed E-state index contributed by atoms with van der Waals surface area (Å²) in [6.07, 6.45) is -3.48. The standard InChI is InChI=1S/C26H26F4N4O4S/c1-16-7-8-17(27)13-18(16)24-19(26(28,29)30)9-10-20(31-24)33-39(37,38)22-6-3-5-21(32-22)34-12-4-11-25(2,15-34)14-23(35)36/h3,5-10,13H,4,11-12,14-15H2,1-2H3,(H,31,33)(H,35,36)/t25-/m0/s1. The van der Waals surface area contributed by atoms with Crippen LogP contribution < -0.4 is 9.62 Å². The average molecular weight is 567 g/mol. The number of aromatic nitrogens is 2. The Morgan fingerprint density at radius 2 is 1.90 bits per heavy atom. The molecule has 8 nitrogen and oxygen atoms in total. The van der Waals surface area contributed by atoms with E-state index in [4.69, 9.17) is 0 Å². The third kappa shape index (κ3) is 6.47. The molecule has 1 aliphatic rings. The second-order valence-electron chi connectivity index (χ2n) is 9.90. The summed E-state index contributed by atoms with van der Waals surface area (Å²) in [5.41, 5.74) is -2.09. The molecule has 0 saturated carbocycles. The van der Waals surface area contributed by atoms with Gasteiger partial charge in [-0.2, -0.15) is 21.6 Å². The minimum absolute atomic E-state index is 0.0459. The Labute approximate surface area is 222 Å². The van der Waals surface area contributed by atoms with Crippen LogP contribution in [0.4, 0.5) is 29.2 Å². The number of carboxylic acids is 1. The van der Waals surface area contributed by atoms with Gasteiger partial charge in [-0.25, -0.2) is 14.4 Å². The number of carbonyl (C=O) groups is 1. The van der Waals surface area contributed by atoms with Gasteiger partial charge in [-0.3, -0.25) is 9.52 Å². The maximum atomic E-state index is 13.9. The minimum Gasteiger partial charge on any atom is -0.481 e. The molecule has 1 aromatic carbocycles. The molecule has 0 bridgehead atoms. The Balaban J connectivity index is 1.66. The number of piperidine rings is 1. The van der Waals surface area contributed by atoms with Gasteiger partial charge in [0.15, 0.2) is 5.03 Å². The van der Waals surface area contributed by atoms with Gasteiger partial charge in [-0.05, 0) is 67.1 Å². The number of aliphatic carboxylic acids is 1. The summed E-state index contributed by atoms with van der Waals surface area (Å²) in [6.45, 7) is 4.25. The number of pyridine rings is 2. The van der Waals surface area contributed by atoms with Crippen LogP contribution >= 0.6 is 0 Å². The topological polar surface area (TPSA) is 112 Å². The van der Waals surface area contributed by atoms with Crippen LogP contribution in [0.15, 0.2) is 53.6 Å². The van der Waals surface area contributed by atoms with Crippen molar-refractivity contribution in [3.8, 4) is 11.3 Å². The Bertz CT molecular complexity index is 1510. The van der Waals surface area contributed by atoms with E-state index in [1.807, 2.05) is 11.8 Å². The number of hydrogen-bond donors (Lipinski definition) is 2. The number of hydrogen-bond acceptors (Lipinski definition) is 6. The maximum Gasteiger partial charge on any atom is 0.418 e.